The van der Waals surface area contributed by atoms with E-state index in [1.807, 2.05) is 71.7 Å². The van der Waals surface area contributed by atoms with E-state index in [1.165, 1.54) is 5.56 Å². The van der Waals surface area contributed by atoms with E-state index in [0.29, 0.717) is 12.0 Å². The van der Waals surface area contributed by atoms with E-state index >= 15 is 0 Å². The van der Waals surface area contributed by atoms with Crippen LogP contribution in [0.4, 0.5) is 0 Å². The molecular weight excluding hydrogens is 524 g/mol. The quantitative estimate of drug-likeness (QED) is 0.270. The molecule has 4 aromatic carbocycles. The lowest BCUT2D eigenvalue weighted by molar-refractivity contribution is 0.0711. The molecule has 0 radical (unpaired) electrons. The van der Waals surface area contributed by atoms with Crippen molar-refractivity contribution in [1.29, 1.82) is 0 Å². The lowest BCUT2D eigenvalue weighted by Gasteiger charge is -2.23. The number of carbonyl (C=O) groups is 1. The van der Waals surface area contributed by atoms with Crippen LogP contribution in [0, 0.1) is 0 Å². The van der Waals surface area contributed by atoms with Crippen LogP contribution in [0.3, 0.4) is 0 Å². The molecule has 6 heteroatoms. The molecule has 2 unspecified atom stereocenters. The number of benzene rings is 4. The highest BCUT2D eigenvalue weighted by Crippen LogP contribution is 2.39. The van der Waals surface area contributed by atoms with Gasteiger partial charge in [0.1, 0.15) is 5.84 Å². The summed E-state index contributed by atoms with van der Waals surface area (Å²) in [5, 5.41) is 13.7. The van der Waals surface area contributed by atoms with Crippen LogP contribution in [0.5, 0.6) is 0 Å². The van der Waals surface area contributed by atoms with Crippen molar-refractivity contribution in [1.82, 2.24) is 10.0 Å². The van der Waals surface area contributed by atoms with Gasteiger partial charge in [0.15, 0.2) is 0 Å². The summed E-state index contributed by atoms with van der Waals surface area (Å²) < 4.78 is 1.03. The molecule has 0 aromatic heterocycles. The van der Waals surface area contributed by atoms with Crippen molar-refractivity contribution in [2.45, 2.75) is 24.9 Å². The van der Waals surface area contributed by atoms with E-state index in [0.717, 1.165) is 33.6 Å². The van der Waals surface area contributed by atoms with E-state index in [4.69, 9.17) is 10.2 Å². The van der Waals surface area contributed by atoms with Gasteiger partial charge >= 0.3 is 0 Å². The molecule has 2 aliphatic heterocycles. The first-order valence-corrected chi connectivity index (χ1v) is 13.2. The van der Waals surface area contributed by atoms with Crippen LogP contribution in [0.2, 0.25) is 0 Å². The molecule has 0 aliphatic carbocycles. The first-order valence-electron chi connectivity index (χ1n) is 12.4. The molecule has 0 spiro atoms. The van der Waals surface area contributed by atoms with Gasteiger partial charge in [0, 0.05) is 22.9 Å². The van der Waals surface area contributed by atoms with E-state index in [-0.39, 0.29) is 18.0 Å². The zero-order chi connectivity index (χ0) is 25.2. The topological polar surface area (TPSA) is 48.3 Å². The zero-order valence-electron chi connectivity index (χ0n) is 20.1. The predicted octanol–water partition coefficient (Wildman–Crippen LogP) is 7.20. The van der Waals surface area contributed by atoms with Gasteiger partial charge in [0.25, 0.3) is 5.91 Å². The number of hydrazone groups is 2. The molecule has 2 aliphatic rings. The summed E-state index contributed by atoms with van der Waals surface area (Å²) in [6.07, 6.45) is 1.34. The van der Waals surface area contributed by atoms with Gasteiger partial charge in [-0.15, -0.1) is 0 Å². The van der Waals surface area contributed by atoms with Crippen molar-refractivity contribution in [3.05, 3.63) is 142 Å². The number of nitrogens with zero attached hydrogens (tertiary/aromatic N) is 4. The second kappa shape index (κ2) is 10.1. The maximum absolute atomic E-state index is 13.6. The molecule has 37 heavy (non-hydrogen) atoms. The van der Waals surface area contributed by atoms with Gasteiger partial charge in [-0.3, -0.25) is 4.79 Å². The second-order valence-electron chi connectivity index (χ2n) is 9.19. The molecule has 182 valence electrons. The molecule has 0 saturated heterocycles. The Morgan fingerprint density at radius 3 is 1.86 bits per heavy atom. The standard InChI is InChI=1S/C31H25BrN4O/c32-26-18-16-22(17-19-26)27-20-28(23-10-4-1-5-11-23)35(33-27)30-21-29(24-12-6-2-7-13-24)36(34-30)31(37)25-14-8-3-9-15-25/h1-19,28-29H,20-21H2. The monoisotopic (exact) mass is 548 g/mol. The summed E-state index contributed by atoms with van der Waals surface area (Å²) in [5.74, 6) is 0.677. The van der Waals surface area contributed by atoms with Gasteiger partial charge in [0.2, 0.25) is 0 Å². The number of hydrogen-bond acceptors (Lipinski definition) is 4. The summed E-state index contributed by atoms with van der Waals surface area (Å²) in [7, 11) is 0. The number of carbonyl (C=O) groups excluding carboxylic acids is 1. The van der Waals surface area contributed by atoms with Crippen LogP contribution in [0.25, 0.3) is 0 Å². The van der Waals surface area contributed by atoms with Crippen LogP contribution in [-0.2, 0) is 0 Å². The summed E-state index contributed by atoms with van der Waals surface area (Å²) >= 11 is 3.53. The summed E-state index contributed by atoms with van der Waals surface area (Å²) in [6, 6.07) is 37.9. The Hall–Kier alpha value is -4.03. The molecule has 4 aromatic rings. The summed E-state index contributed by atoms with van der Waals surface area (Å²) in [6.45, 7) is 0. The van der Waals surface area contributed by atoms with E-state index in [9.17, 15) is 4.79 Å². The highest BCUT2D eigenvalue weighted by Gasteiger charge is 2.40. The zero-order valence-corrected chi connectivity index (χ0v) is 21.7. The van der Waals surface area contributed by atoms with Crippen molar-refractivity contribution in [2.75, 3.05) is 0 Å². The fourth-order valence-electron chi connectivity index (χ4n) is 4.97. The molecule has 2 heterocycles. The van der Waals surface area contributed by atoms with Crippen LogP contribution in [-0.4, -0.2) is 27.5 Å². The maximum Gasteiger partial charge on any atom is 0.274 e. The van der Waals surface area contributed by atoms with Gasteiger partial charge in [0.05, 0.1) is 17.8 Å². The summed E-state index contributed by atoms with van der Waals surface area (Å²) in [4.78, 5) is 13.6. The molecule has 0 bridgehead atoms. The van der Waals surface area contributed by atoms with Crippen molar-refractivity contribution < 1.29 is 4.79 Å². The fourth-order valence-corrected chi connectivity index (χ4v) is 5.23. The van der Waals surface area contributed by atoms with E-state index in [1.54, 1.807) is 5.01 Å². The number of rotatable bonds is 4. The molecular formula is C31H25BrN4O. The van der Waals surface area contributed by atoms with Crippen molar-refractivity contribution in [2.24, 2.45) is 10.2 Å². The van der Waals surface area contributed by atoms with E-state index < -0.39 is 0 Å². The molecule has 1 amide bonds. The van der Waals surface area contributed by atoms with Crippen molar-refractivity contribution in [3.63, 3.8) is 0 Å². The predicted molar refractivity (Wildman–Crippen MR) is 150 cm³/mol. The third-order valence-corrected chi connectivity index (χ3v) is 7.37. The normalized spacial score (nSPS) is 19.1. The van der Waals surface area contributed by atoms with Crippen LogP contribution < -0.4 is 0 Å². The Bertz CT molecular complexity index is 1450. The Morgan fingerprint density at radius 2 is 1.24 bits per heavy atom. The minimum atomic E-state index is -0.202. The SMILES string of the molecule is O=C(c1ccccc1)N1N=C(N2N=C(c3ccc(Br)cc3)CC2c2ccccc2)CC1c1ccccc1. The minimum absolute atomic E-state index is 0.00166. The molecule has 2 atom stereocenters. The highest BCUT2D eigenvalue weighted by atomic mass is 79.9. The highest BCUT2D eigenvalue weighted by molar-refractivity contribution is 9.10. The van der Waals surface area contributed by atoms with Crippen LogP contribution in [0.15, 0.2) is 130 Å². The second-order valence-corrected chi connectivity index (χ2v) is 10.1. The van der Waals surface area contributed by atoms with Gasteiger partial charge in [-0.05, 0) is 41.0 Å². The summed E-state index contributed by atoms with van der Waals surface area (Å²) in [5.41, 5.74) is 4.94. The lowest BCUT2D eigenvalue weighted by atomic mass is 9.98. The van der Waals surface area contributed by atoms with Crippen LogP contribution in [0.1, 0.15) is 52.0 Å². The third-order valence-electron chi connectivity index (χ3n) is 6.84. The number of halogens is 1. The van der Waals surface area contributed by atoms with Gasteiger partial charge in [-0.25, -0.2) is 10.0 Å². The van der Waals surface area contributed by atoms with Crippen LogP contribution >= 0.6 is 15.9 Å². The average molecular weight is 549 g/mol. The minimum Gasteiger partial charge on any atom is -0.267 e. The molecule has 0 saturated carbocycles. The average Bonchev–Trinajstić information content (AvgIpc) is 3.60. The Kier molecular flexibility index (Phi) is 6.41. The Morgan fingerprint density at radius 1 is 0.676 bits per heavy atom. The fraction of sp³-hybridized carbons (Fsp3) is 0.129. The Labute approximate surface area is 224 Å². The van der Waals surface area contributed by atoms with Gasteiger partial charge in [-0.2, -0.15) is 10.2 Å². The number of amidine groups is 1. The molecule has 5 nitrogen and oxygen atoms in total. The van der Waals surface area contributed by atoms with Crippen molar-refractivity contribution >= 4 is 33.4 Å². The lowest BCUT2D eigenvalue weighted by Crippen LogP contribution is -2.27. The Balaban J connectivity index is 1.41. The molecule has 6 rings (SSSR count). The first-order chi connectivity index (χ1) is 18.2. The first kappa shape index (κ1) is 23.4. The number of amides is 1. The van der Waals surface area contributed by atoms with Gasteiger partial charge < -0.3 is 0 Å². The molecule has 0 N–H and O–H groups in total. The smallest absolute Gasteiger partial charge is 0.267 e. The largest absolute Gasteiger partial charge is 0.274 e. The maximum atomic E-state index is 13.6. The number of hydrogen-bond donors (Lipinski definition) is 0. The van der Waals surface area contributed by atoms with E-state index in [2.05, 4.69) is 64.5 Å². The molecule has 0 fully saturated rings. The third kappa shape index (κ3) is 4.72. The van der Waals surface area contributed by atoms with Crippen molar-refractivity contribution in [3.8, 4) is 0 Å². The van der Waals surface area contributed by atoms with Gasteiger partial charge in [-0.1, -0.05) is 107 Å².